The number of fused-ring (bicyclic) bond motifs is 3. The van der Waals surface area contributed by atoms with Crippen molar-refractivity contribution < 1.29 is 23.0 Å². The van der Waals surface area contributed by atoms with E-state index in [4.69, 9.17) is 4.74 Å². The van der Waals surface area contributed by atoms with E-state index in [1.807, 2.05) is 20.8 Å². The van der Waals surface area contributed by atoms with Crippen LogP contribution in [0.15, 0.2) is 42.5 Å². The van der Waals surface area contributed by atoms with E-state index in [9.17, 15) is 18.3 Å². The van der Waals surface area contributed by atoms with Gasteiger partial charge in [0.25, 0.3) is 0 Å². The van der Waals surface area contributed by atoms with Crippen LogP contribution in [0.1, 0.15) is 38.0 Å². The quantitative estimate of drug-likeness (QED) is 0.838. The number of ether oxygens (including phenoxy) is 1. The molecule has 3 nitrogen and oxygen atoms in total. The Hall–Kier alpha value is -2.05. The van der Waals surface area contributed by atoms with Crippen molar-refractivity contribution in [1.29, 1.82) is 0 Å². The highest BCUT2D eigenvalue weighted by Crippen LogP contribution is 2.45. The van der Waals surface area contributed by atoms with Crippen LogP contribution in [0.3, 0.4) is 0 Å². The van der Waals surface area contributed by atoms with Gasteiger partial charge in [0.1, 0.15) is 11.9 Å². The van der Waals surface area contributed by atoms with Gasteiger partial charge in [-0.2, -0.15) is 13.2 Å². The number of β-amino-alcohol motifs (C(OH)–C–C–N with tert-alkyl or cyclic N) is 1. The molecule has 2 aromatic rings. The van der Waals surface area contributed by atoms with Crippen molar-refractivity contribution in [2.75, 3.05) is 6.54 Å². The van der Waals surface area contributed by atoms with Crippen molar-refractivity contribution in [1.82, 2.24) is 5.32 Å². The van der Waals surface area contributed by atoms with Gasteiger partial charge in [0.2, 0.25) is 0 Å². The van der Waals surface area contributed by atoms with Crippen LogP contribution in [0.2, 0.25) is 0 Å². The predicted molar refractivity (Wildman–Crippen MR) is 94.0 cm³/mol. The molecule has 3 rings (SSSR count). The zero-order valence-electron chi connectivity index (χ0n) is 14.9. The van der Waals surface area contributed by atoms with Gasteiger partial charge in [-0.25, -0.2) is 0 Å². The molecule has 0 amide bonds. The summed E-state index contributed by atoms with van der Waals surface area (Å²) in [5, 5.41) is 13.8. The van der Waals surface area contributed by atoms with Crippen LogP contribution in [0.25, 0.3) is 11.1 Å². The summed E-state index contributed by atoms with van der Waals surface area (Å²) in [6.45, 7) is 6.27. The fourth-order valence-corrected chi connectivity index (χ4v) is 3.01. The summed E-state index contributed by atoms with van der Waals surface area (Å²) in [7, 11) is 0. The van der Waals surface area contributed by atoms with Crippen molar-refractivity contribution in [2.24, 2.45) is 0 Å². The Balaban J connectivity index is 1.97. The van der Waals surface area contributed by atoms with Gasteiger partial charge in [-0.1, -0.05) is 24.3 Å². The lowest BCUT2D eigenvalue weighted by molar-refractivity contribution is -0.137. The molecular formula is C20H22F3NO2. The summed E-state index contributed by atoms with van der Waals surface area (Å²) in [4.78, 5) is 0. The Labute approximate surface area is 150 Å². The molecule has 0 aromatic heterocycles. The van der Waals surface area contributed by atoms with Gasteiger partial charge in [-0.05, 0) is 44.5 Å². The van der Waals surface area contributed by atoms with E-state index in [-0.39, 0.29) is 5.54 Å². The lowest BCUT2D eigenvalue weighted by Crippen LogP contribution is -2.43. The minimum Gasteiger partial charge on any atom is -0.482 e. The standard InChI is InChI=1S/C20H22F3NO2/c1-19(2,3)24-11-16(25)18-14-7-5-4-6-13(14)15-10-12(20(21,22)23)8-9-17(15)26-18/h4-10,16,18,24-25H,11H2,1-3H3. The second-order valence-electron chi connectivity index (χ2n) is 7.53. The number of alkyl halides is 3. The Morgan fingerprint density at radius 1 is 1.08 bits per heavy atom. The summed E-state index contributed by atoms with van der Waals surface area (Å²) >= 11 is 0. The number of rotatable bonds is 3. The molecule has 0 saturated heterocycles. The minimum atomic E-state index is -4.42. The molecule has 2 N–H and O–H groups in total. The van der Waals surface area contributed by atoms with Gasteiger partial charge in [0, 0.05) is 23.2 Å². The molecule has 0 bridgehead atoms. The molecule has 2 aromatic carbocycles. The fraction of sp³-hybridized carbons (Fsp3) is 0.400. The topological polar surface area (TPSA) is 41.5 Å². The van der Waals surface area contributed by atoms with Gasteiger partial charge in [0.15, 0.2) is 6.10 Å². The molecule has 0 fully saturated rings. The SMILES string of the molecule is CC(C)(C)NCC(O)C1Oc2ccc(C(F)(F)F)cc2-c2ccccc21. The zero-order valence-corrected chi connectivity index (χ0v) is 14.9. The van der Waals surface area contributed by atoms with Crippen LogP contribution < -0.4 is 10.1 Å². The van der Waals surface area contributed by atoms with Crippen molar-refractivity contribution in [3.63, 3.8) is 0 Å². The van der Waals surface area contributed by atoms with Crippen molar-refractivity contribution >= 4 is 0 Å². The van der Waals surface area contributed by atoms with Gasteiger partial charge in [-0.15, -0.1) is 0 Å². The smallest absolute Gasteiger partial charge is 0.416 e. The Bertz CT molecular complexity index is 796. The second kappa shape index (κ2) is 6.59. The van der Waals surface area contributed by atoms with E-state index in [0.717, 1.165) is 12.1 Å². The van der Waals surface area contributed by atoms with Crippen LogP contribution in [-0.4, -0.2) is 23.3 Å². The predicted octanol–water partition coefficient (Wildman–Crippen LogP) is 4.55. The summed E-state index contributed by atoms with van der Waals surface area (Å²) in [6.07, 6.45) is -5.91. The molecule has 0 aliphatic carbocycles. The average Bonchev–Trinajstić information content (AvgIpc) is 2.57. The molecule has 0 radical (unpaired) electrons. The van der Waals surface area contributed by atoms with Gasteiger partial charge >= 0.3 is 6.18 Å². The number of aliphatic hydroxyl groups is 1. The molecule has 1 aliphatic heterocycles. The first kappa shape index (κ1) is 18.7. The molecule has 0 saturated carbocycles. The van der Waals surface area contributed by atoms with Crippen LogP contribution in [0.5, 0.6) is 5.75 Å². The highest BCUT2D eigenvalue weighted by atomic mass is 19.4. The first-order valence-electron chi connectivity index (χ1n) is 8.46. The van der Waals surface area contributed by atoms with E-state index in [0.29, 0.717) is 29.0 Å². The molecule has 1 heterocycles. The number of benzene rings is 2. The number of hydrogen-bond donors (Lipinski definition) is 2. The lowest BCUT2D eigenvalue weighted by Gasteiger charge is -2.33. The van der Waals surface area contributed by atoms with Gasteiger partial charge in [-0.3, -0.25) is 0 Å². The van der Waals surface area contributed by atoms with Crippen LogP contribution in [0, 0.1) is 0 Å². The second-order valence-corrected chi connectivity index (χ2v) is 7.53. The normalized spacial score (nSPS) is 17.9. The Morgan fingerprint density at radius 2 is 1.77 bits per heavy atom. The average molecular weight is 365 g/mol. The first-order valence-corrected chi connectivity index (χ1v) is 8.46. The lowest BCUT2D eigenvalue weighted by atomic mass is 9.89. The van der Waals surface area contributed by atoms with Crippen LogP contribution in [0.4, 0.5) is 13.2 Å². The monoisotopic (exact) mass is 365 g/mol. The molecule has 1 aliphatic rings. The van der Waals surface area contributed by atoms with E-state index in [1.54, 1.807) is 24.3 Å². The fourth-order valence-electron chi connectivity index (χ4n) is 3.01. The largest absolute Gasteiger partial charge is 0.482 e. The van der Waals surface area contributed by atoms with Gasteiger partial charge in [0.05, 0.1) is 5.56 Å². The minimum absolute atomic E-state index is 0.172. The molecule has 0 spiro atoms. The number of aliphatic hydroxyl groups excluding tert-OH is 1. The highest BCUT2D eigenvalue weighted by molar-refractivity contribution is 5.76. The maximum atomic E-state index is 13.1. The van der Waals surface area contributed by atoms with Crippen molar-refractivity contribution in [2.45, 2.75) is 44.7 Å². The third-order valence-electron chi connectivity index (χ3n) is 4.31. The number of nitrogens with one attached hydrogen (secondary N) is 1. The third kappa shape index (κ3) is 3.86. The maximum absolute atomic E-state index is 13.1. The van der Waals surface area contributed by atoms with E-state index < -0.39 is 23.9 Å². The molecular weight excluding hydrogens is 343 g/mol. The van der Waals surface area contributed by atoms with Crippen LogP contribution in [-0.2, 0) is 6.18 Å². The van der Waals surface area contributed by atoms with Crippen molar-refractivity contribution in [3.05, 3.63) is 53.6 Å². The zero-order chi connectivity index (χ0) is 19.1. The highest BCUT2D eigenvalue weighted by Gasteiger charge is 2.35. The van der Waals surface area contributed by atoms with E-state index in [2.05, 4.69) is 5.32 Å². The molecule has 140 valence electrons. The van der Waals surface area contributed by atoms with Gasteiger partial charge < -0.3 is 15.2 Å². The summed E-state index contributed by atoms with van der Waals surface area (Å²) in [5.74, 6) is 0.344. The van der Waals surface area contributed by atoms with Crippen molar-refractivity contribution in [3.8, 4) is 16.9 Å². The number of halogens is 3. The van der Waals surface area contributed by atoms with E-state index in [1.165, 1.54) is 6.07 Å². The third-order valence-corrected chi connectivity index (χ3v) is 4.31. The molecule has 6 heteroatoms. The van der Waals surface area contributed by atoms with E-state index >= 15 is 0 Å². The van der Waals surface area contributed by atoms with Crippen LogP contribution >= 0.6 is 0 Å². The summed E-state index contributed by atoms with van der Waals surface area (Å²) < 4.78 is 45.1. The summed E-state index contributed by atoms with van der Waals surface area (Å²) in [6, 6.07) is 10.5. The molecule has 2 atom stereocenters. The summed E-state index contributed by atoms with van der Waals surface area (Å²) in [5.41, 5.74) is 0.835. The molecule has 2 unspecified atom stereocenters. The first-order chi connectivity index (χ1) is 12.1. The molecule has 26 heavy (non-hydrogen) atoms. The Kier molecular flexibility index (Phi) is 4.75. The maximum Gasteiger partial charge on any atom is 0.416 e. The number of hydrogen-bond acceptors (Lipinski definition) is 3. The Morgan fingerprint density at radius 3 is 2.42 bits per heavy atom.